The smallest absolute Gasteiger partial charge is 0.0628 e. The molecule has 6 aromatic carbocycles. The fourth-order valence-corrected chi connectivity index (χ4v) is 8.67. The van der Waals surface area contributed by atoms with E-state index in [0.717, 1.165) is 12.1 Å². The molecule has 0 aliphatic heterocycles. The SMILES string of the molecule is C1=CCC(N(c2ccc(-c3ccccc3)cc2)c2ccc(-n3c4ccccc4c4ccc5ccccc5c43)cc2)C(C2=CC=CC3C=CC=CC23)=C1. The molecule has 3 aliphatic rings. The molecule has 0 saturated heterocycles. The Morgan fingerprint density at radius 3 is 2.02 bits per heavy atom. The van der Waals surface area contributed by atoms with Crippen LogP contribution >= 0.6 is 0 Å². The topological polar surface area (TPSA) is 8.17 Å². The van der Waals surface area contributed by atoms with Gasteiger partial charge in [0.05, 0.1) is 17.1 Å². The van der Waals surface area contributed by atoms with Gasteiger partial charge in [-0.2, -0.15) is 0 Å². The number of benzene rings is 6. The molecule has 0 spiro atoms. The Labute approximate surface area is 305 Å². The second-order valence-electron chi connectivity index (χ2n) is 14.0. The summed E-state index contributed by atoms with van der Waals surface area (Å²) in [5.74, 6) is 0.725. The van der Waals surface area contributed by atoms with Crippen molar-refractivity contribution < 1.29 is 0 Å². The van der Waals surface area contributed by atoms with Crippen molar-refractivity contribution in [3.05, 3.63) is 211 Å². The number of nitrogens with zero attached hydrogens (tertiary/aromatic N) is 2. The maximum absolute atomic E-state index is 2.56. The van der Waals surface area contributed by atoms with Crippen LogP contribution in [0.5, 0.6) is 0 Å². The van der Waals surface area contributed by atoms with Crippen LogP contribution in [0.3, 0.4) is 0 Å². The van der Waals surface area contributed by atoms with Gasteiger partial charge in [-0.25, -0.2) is 0 Å². The zero-order chi connectivity index (χ0) is 34.4. The molecule has 0 fully saturated rings. The van der Waals surface area contributed by atoms with Gasteiger partial charge >= 0.3 is 0 Å². The molecule has 0 bridgehead atoms. The quantitative estimate of drug-likeness (QED) is 0.171. The number of hydrogen-bond acceptors (Lipinski definition) is 1. The summed E-state index contributed by atoms with van der Waals surface area (Å²) in [4.78, 5) is 2.56. The van der Waals surface area contributed by atoms with Crippen molar-refractivity contribution in [1.82, 2.24) is 4.57 Å². The van der Waals surface area contributed by atoms with Crippen LogP contribution in [0.1, 0.15) is 6.42 Å². The summed E-state index contributed by atoms with van der Waals surface area (Å²) in [6.45, 7) is 0. The van der Waals surface area contributed by atoms with Gasteiger partial charge in [-0.3, -0.25) is 0 Å². The van der Waals surface area contributed by atoms with Crippen LogP contribution in [-0.2, 0) is 0 Å². The van der Waals surface area contributed by atoms with E-state index in [-0.39, 0.29) is 6.04 Å². The van der Waals surface area contributed by atoms with Crippen LogP contribution in [-0.4, -0.2) is 10.6 Å². The minimum Gasteiger partial charge on any atom is -0.334 e. The maximum Gasteiger partial charge on any atom is 0.0628 e. The predicted molar refractivity (Wildman–Crippen MR) is 220 cm³/mol. The lowest BCUT2D eigenvalue weighted by atomic mass is 9.74. The highest BCUT2D eigenvalue weighted by molar-refractivity contribution is 6.18. The molecule has 2 heteroatoms. The van der Waals surface area contributed by atoms with Gasteiger partial charge in [-0.15, -0.1) is 0 Å². The van der Waals surface area contributed by atoms with Crippen molar-refractivity contribution >= 4 is 44.0 Å². The first kappa shape index (κ1) is 30.4. The van der Waals surface area contributed by atoms with Crippen LogP contribution in [0, 0.1) is 11.8 Å². The summed E-state index contributed by atoms with van der Waals surface area (Å²) in [7, 11) is 0. The largest absolute Gasteiger partial charge is 0.334 e. The van der Waals surface area contributed by atoms with Crippen molar-refractivity contribution in [2.24, 2.45) is 11.8 Å². The van der Waals surface area contributed by atoms with Gasteiger partial charge in [-0.1, -0.05) is 158 Å². The average molecular weight is 667 g/mol. The lowest BCUT2D eigenvalue weighted by Crippen LogP contribution is -2.36. The number of fused-ring (bicyclic) bond motifs is 6. The van der Waals surface area contributed by atoms with Crippen molar-refractivity contribution in [1.29, 1.82) is 0 Å². The summed E-state index contributed by atoms with van der Waals surface area (Å²) in [5.41, 5.74) is 11.2. The normalized spacial score (nSPS) is 19.2. The highest BCUT2D eigenvalue weighted by Crippen LogP contribution is 2.43. The van der Waals surface area contributed by atoms with Gasteiger partial charge in [0, 0.05) is 45.1 Å². The minimum absolute atomic E-state index is 0.133. The first-order valence-electron chi connectivity index (χ1n) is 18.4. The number of para-hydroxylation sites is 1. The first-order chi connectivity index (χ1) is 25.8. The molecule has 248 valence electrons. The molecule has 1 aromatic heterocycles. The Kier molecular flexibility index (Phi) is 7.46. The molecule has 10 rings (SSSR count). The molecule has 0 radical (unpaired) electrons. The number of aromatic nitrogens is 1. The summed E-state index contributed by atoms with van der Waals surface area (Å²) in [6.07, 6.45) is 23.9. The molecule has 0 amide bonds. The minimum atomic E-state index is 0.133. The van der Waals surface area contributed by atoms with Crippen LogP contribution in [0.2, 0.25) is 0 Å². The Bertz CT molecular complexity index is 2640. The van der Waals surface area contributed by atoms with E-state index >= 15 is 0 Å². The second-order valence-corrected chi connectivity index (χ2v) is 14.0. The molecule has 7 aromatic rings. The molecule has 3 aliphatic carbocycles. The summed E-state index contributed by atoms with van der Waals surface area (Å²) in [5, 5.41) is 5.07. The van der Waals surface area contributed by atoms with Crippen LogP contribution in [0.4, 0.5) is 11.4 Å². The average Bonchev–Trinajstić information content (AvgIpc) is 3.57. The van der Waals surface area contributed by atoms with E-state index in [1.807, 2.05) is 0 Å². The Morgan fingerprint density at radius 1 is 0.500 bits per heavy atom. The van der Waals surface area contributed by atoms with E-state index < -0.39 is 0 Å². The van der Waals surface area contributed by atoms with Crippen molar-refractivity contribution in [2.45, 2.75) is 12.5 Å². The van der Waals surface area contributed by atoms with Gasteiger partial charge < -0.3 is 9.47 Å². The molecule has 0 N–H and O–H groups in total. The third kappa shape index (κ3) is 5.10. The monoisotopic (exact) mass is 666 g/mol. The van der Waals surface area contributed by atoms with Gasteiger partial charge in [0.2, 0.25) is 0 Å². The predicted octanol–water partition coefficient (Wildman–Crippen LogP) is 12.9. The lowest BCUT2D eigenvalue weighted by Gasteiger charge is -2.39. The second kappa shape index (κ2) is 12.7. The van der Waals surface area contributed by atoms with Gasteiger partial charge in [0.1, 0.15) is 0 Å². The zero-order valence-electron chi connectivity index (χ0n) is 28.9. The van der Waals surface area contributed by atoms with Gasteiger partial charge in [0.25, 0.3) is 0 Å². The van der Waals surface area contributed by atoms with E-state index in [2.05, 4.69) is 210 Å². The molecule has 0 saturated carbocycles. The van der Waals surface area contributed by atoms with Crippen molar-refractivity contribution in [2.75, 3.05) is 4.90 Å². The van der Waals surface area contributed by atoms with Crippen LogP contribution in [0.15, 0.2) is 211 Å². The summed E-state index contributed by atoms with van der Waals surface area (Å²) >= 11 is 0. The van der Waals surface area contributed by atoms with E-state index in [9.17, 15) is 0 Å². The number of rotatable bonds is 6. The zero-order valence-corrected chi connectivity index (χ0v) is 28.9. The van der Waals surface area contributed by atoms with Crippen LogP contribution in [0.25, 0.3) is 49.4 Å². The van der Waals surface area contributed by atoms with Crippen LogP contribution < -0.4 is 4.90 Å². The third-order valence-electron chi connectivity index (χ3n) is 11.1. The molecule has 3 atom stereocenters. The van der Waals surface area contributed by atoms with E-state index in [0.29, 0.717) is 11.8 Å². The molecule has 2 nitrogen and oxygen atoms in total. The maximum atomic E-state index is 2.56. The third-order valence-corrected chi connectivity index (χ3v) is 11.1. The summed E-state index contributed by atoms with van der Waals surface area (Å²) < 4.78 is 2.45. The fourth-order valence-electron chi connectivity index (χ4n) is 8.67. The van der Waals surface area contributed by atoms with E-state index in [4.69, 9.17) is 0 Å². The highest BCUT2D eigenvalue weighted by Gasteiger charge is 2.32. The highest BCUT2D eigenvalue weighted by atomic mass is 15.2. The number of allylic oxidation sites excluding steroid dienone is 9. The Morgan fingerprint density at radius 2 is 1.17 bits per heavy atom. The lowest BCUT2D eigenvalue weighted by molar-refractivity contribution is 0.609. The number of hydrogen-bond donors (Lipinski definition) is 0. The van der Waals surface area contributed by atoms with Gasteiger partial charge in [-0.05, 0) is 76.5 Å². The Hall–Kier alpha value is -6.38. The molecular formula is C50H38N2. The fraction of sp³-hybridized carbons (Fsp3) is 0.0800. The standard InChI is InChI=1S/C50H38N2/c1-2-13-35(14-3-1)36-25-28-39(29-26-36)51(48-23-10-8-20-45(48)44-22-12-17-37-15-4-6-18-42(37)44)40-30-32-41(33-31-40)52-49-24-11-9-21-46(49)47-34-27-38-16-5-7-19-43(38)50(47)52/h1-22,24-34,37,42,48H,23H2. The van der Waals surface area contributed by atoms with Gasteiger partial charge in [0.15, 0.2) is 0 Å². The van der Waals surface area contributed by atoms with Crippen molar-refractivity contribution in [3.8, 4) is 16.8 Å². The summed E-state index contributed by atoms with van der Waals surface area (Å²) in [6, 6.07) is 51.3. The molecular weight excluding hydrogens is 629 g/mol. The van der Waals surface area contributed by atoms with Crippen molar-refractivity contribution in [3.63, 3.8) is 0 Å². The first-order valence-corrected chi connectivity index (χ1v) is 18.4. The number of anilines is 2. The molecule has 3 unspecified atom stereocenters. The van der Waals surface area contributed by atoms with E-state index in [1.54, 1.807) is 0 Å². The molecule has 1 heterocycles. The molecule has 52 heavy (non-hydrogen) atoms. The Balaban J connectivity index is 1.11. The van der Waals surface area contributed by atoms with E-state index in [1.165, 1.54) is 66.2 Å².